The smallest absolute Gasteiger partial charge is 0.140 e. The Morgan fingerprint density at radius 1 is 1.60 bits per heavy atom. The molecule has 0 amide bonds. The second-order valence-corrected chi connectivity index (χ2v) is 2.29. The van der Waals surface area contributed by atoms with Gasteiger partial charge in [-0.25, -0.2) is 0 Å². The van der Waals surface area contributed by atoms with Gasteiger partial charge in [0.25, 0.3) is 0 Å². The molecule has 0 bridgehead atoms. The van der Waals surface area contributed by atoms with Gasteiger partial charge in [0.05, 0.1) is 12.8 Å². The molecule has 0 spiro atoms. The first-order valence-electron chi connectivity index (χ1n) is 2.91. The van der Waals surface area contributed by atoms with Crippen molar-refractivity contribution in [2.45, 2.75) is 6.92 Å². The Kier molecular flexibility index (Phi) is 2.12. The van der Waals surface area contributed by atoms with Crippen LogP contribution in [0, 0.1) is 6.92 Å². The molecule has 0 unspecified atom stereocenters. The summed E-state index contributed by atoms with van der Waals surface area (Å²) < 4.78 is 4.95. The summed E-state index contributed by atoms with van der Waals surface area (Å²) >= 11 is 5.81. The lowest BCUT2D eigenvalue weighted by molar-refractivity contribution is 0.414. The summed E-state index contributed by atoms with van der Waals surface area (Å²) in [5.74, 6) is 0.675. The molecule has 10 heavy (non-hydrogen) atoms. The second-order valence-electron chi connectivity index (χ2n) is 1.91. The summed E-state index contributed by atoms with van der Waals surface area (Å²) in [6.45, 7) is 1.84. The quantitative estimate of drug-likeness (QED) is 0.623. The van der Waals surface area contributed by atoms with E-state index in [0.717, 1.165) is 5.69 Å². The third kappa shape index (κ3) is 1.21. The Bertz CT molecular complexity index is 237. The van der Waals surface area contributed by atoms with Gasteiger partial charge in [0, 0.05) is 12.3 Å². The predicted molar refractivity (Wildman–Crippen MR) is 40.5 cm³/mol. The average molecular weight is 158 g/mol. The molecule has 0 aromatic carbocycles. The van der Waals surface area contributed by atoms with Crippen molar-refractivity contribution in [1.82, 2.24) is 4.98 Å². The predicted octanol–water partition coefficient (Wildman–Crippen LogP) is 2.05. The number of hydrogen-bond donors (Lipinski definition) is 0. The Hall–Kier alpha value is -0.760. The van der Waals surface area contributed by atoms with Crippen LogP contribution in [0.25, 0.3) is 0 Å². The molecule has 0 fully saturated rings. The number of aryl methyl sites for hydroxylation is 1. The molecule has 0 atom stereocenters. The standard InChI is InChI=1S/C7H8ClNO/c1-5-7(8)6(10-2)3-4-9-5/h3-4H,1-2H3. The molecule has 0 N–H and O–H groups in total. The normalized spacial score (nSPS) is 9.50. The zero-order valence-electron chi connectivity index (χ0n) is 5.89. The van der Waals surface area contributed by atoms with E-state index >= 15 is 0 Å². The van der Waals surface area contributed by atoms with Gasteiger partial charge in [0.1, 0.15) is 10.8 Å². The highest BCUT2D eigenvalue weighted by Crippen LogP contribution is 2.24. The first-order chi connectivity index (χ1) is 4.75. The minimum Gasteiger partial charge on any atom is -0.495 e. The monoisotopic (exact) mass is 157 g/mol. The molecule has 1 heterocycles. The van der Waals surface area contributed by atoms with Crippen LogP contribution < -0.4 is 4.74 Å². The third-order valence-electron chi connectivity index (χ3n) is 1.25. The van der Waals surface area contributed by atoms with Crippen LogP contribution in [0.1, 0.15) is 5.69 Å². The SMILES string of the molecule is COc1ccnc(C)c1Cl. The lowest BCUT2D eigenvalue weighted by Gasteiger charge is -2.02. The maximum atomic E-state index is 5.81. The number of halogens is 1. The van der Waals surface area contributed by atoms with Crippen molar-refractivity contribution >= 4 is 11.6 Å². The van der Waals surface area contributed by atoms with Crippen LogP contribution in [-0.4, -0.2) is 12.1 Å². The zero-order chi connectivity index (χ0) is 7.56. The minimum absolute atomic E-state index is 0.588. The number of ether oxygens (including phenoxy) is 1. The Morgan fingerprint density at radius 2 is 2.30 bits per heavy atom. The summed E-state index contributed by atoms with van der Waals surface area (Å²) in [7, 11) is 1.58. The Balaban J connectivity index is 3.14. The van der Waals surface area contributed by atoms with E-state index in [4.69, 9.17) is 16.3 Å². The first-order valence-corrected chi connectivity index (χ1v) is 3.28. The van der Waals surface area contributed by atoms with Crippen molar-refractivity contribution < 1.29 is 4.74 Å². The van der Waals surface area contributed by atoms with E-state index in [1.54, 1.807) is 19.4 Å². The van der Waals surface area contributed by atoms with Gasteiger partial charge >= 0.3 is 0 Å². The van der Waals surface area contributed by atoms with E-state index < -0.39 is 0 Å². The van der Waals surface area contributed by atoms with Crippen LogP contribution in [0.3, 0.4) is 0 Å². The van der Waals surface area contributed by atoms with Crippen molar-refractivity contribution in [2.75, 3.05) is 7.11 Å². The lowest BCUT2D eigenvalue weighted by Crippen LogP contribution is -1.87. The number of methoxy groups -OCH3 is 1. The van der Waals surface area contributed by atoms with E-state index in [1.807, 2.05) is 6.92 Å². The zero-order valence-corrected chi connectivity index (χ0v) is 6.64. The molecule has 0 radical (unpaired) electrons. The maximum absolute atomic E-state index is 5.81. The fourth-order valence-corrected chi connectivity index (χ4v) is 0.871. The first kappa shape index (κ1) is 7.35. The van der Waals surface area contributed by atoms with E-state index in [0.29, 0.717) is 10.8 Å². The number of aromatic nitrogens is 1. The van der Waals surface area contributed by atoms with Crippen LogP contribution in [0.15, 0.2) is 12.3 Å². The summed E-state index contributed by atoms with van der Waals surface area (Å²) in [5, 5.41) is 0.588. The van der Waals surface area contributed by atoms with Crippen LogP contribution in [0.5, 0.6) is 5.75 Å². The average Bonchev–Trinajstić information content (AvgIpc) is 1.95. The molecule has 0 aliphatic heterocycles. The Labute approximate surface area is 64.8 Å². The van der Waals surface area contributed by atoms with Gasteiger partial charge in [-0.15, -0.1) is 0 Å². The molecule has 1 aromatic heterocycles. The van der Waals surface area contributed by atoms with Gasteiger partial charge in [0.2, 0.25) is 0 Å². The van der Waals surface area contributed by atoms with Crippen LogP contribution in [0.4, 0.5) is 0 Å². The van der Waals surface area contributed by atoms with E-state index in [-0.39, 0.29) is 0 Å². The summed E-state index contributed by atoms with van der Waals surface area (Å²) in [5.41, 5.74) is 0.793. The number of rotatable bonds is 1. The van der Waals surface area contributed by atoms with E-state index in [2.05, 4.69) is 4.98 Å². The minimum atomic E-state index is 0.588. The van der Waals surface area contributed by atoms with Gasteiger partial charge in [0.15, 0.2) is 0 Å². The van der Waals surface area contributed by atoms with Gasteiger partial charge in [-0.2, -0.15) is 0 Å². The van der Waals surface area contributed by atoms with Gasteiger partial charge < -0.3 is 4.74 Å². The fraction of sp³-hybridized carbons (Fsp3) is 0.286. The largest absolute Gasteiger partial charge is 0.495 e. The molecular formula is C7H8ClNO. The lowest BCUT2D eigenvalue weighted by atomic mass is 10.3. The summed E-state index contributed by atoms with van der Waals surface area (Å²) in [4.78, 5) is 3.98. The van der Waals surface area contributed by atoms with Crippen LogP contribution in [0.2, 0.25) is 5.02 Å². The van der Waals surface area contributed by atoms with Crippen LogP contribution >= 0.6 is 11.6 Å². The highest BCUT2D eigenvalue weighted by atomic mass is 35.5. The van der Waals surface area contributed by atoms with Crippen molar-refractivity contribution in [3.8, 4) is 5.75 Å². The van der Waals surface area contributed by atoms with Crippen molar-refractivity contribution in [3.63, 3.8) is 0 Å². The maximum Gasteiger partial charge on any atom is 0.140 e. The van der Waals surface area contributed by atoms with Gasteiger partial charge in [-0.1, -0.05) is 11.6 Å². The molecule has 0 saturated carbocycles. The molecule has 0 aliphatic rings. The molecule has 54 valence electrons. The van der Waals surface area contributed by atoms with Gasteiger partial charge in [-0.05, 0) is 6.92 Å². The molecule has 0 saturated heterocycles. The van der Waals surface area contributed by atoms with Crippen LogP contribution in [-0.2, 0) is 0 Å². The number of nitrogens with zero attached hydrogens (tertiary/aromatic N) is 1. The summed E-state index contributed by atoms with van der Waals surface area (Å²) in [6, 6.07) is 1.73. The number of hydrogen-bond acceptors (Lipinski definition) is 2. The third-order valence-corrected chi connectivity index (χ3v) is 1.71. The van der Waals surface area contributed by atoms with Crippen molar-refractivity contribution in [3.05, 3.63) is 23.0 Å². The molecule has 0 aliphatic carbocycles. The molecule has 1 aromatic rings. The van der Waals surface area contributed by atoms with Gasteiger partial charge in [-0.3, -0.25) is 4.98 Å². The van der Waals surface area contributed by atoms with E-state index in [9.17, 15) is 0 Å². The number of pyridine rings is 1. The molecule has 1 rings (SSSR count). The molecule has 3 heteroatoms. The van der Waals surface area contributed by atoms with Crippen molar-refractivity contribution in [1.29, 1.82) is 0 Å². The fourth-order valence-electron chi connectivity index (χ4n) is 0.683. The second kappa shape index (κ2) is 2.88. The molecule has 2 nitrogen and oxygen atoms in total. The topological polar surface area (TPSA) is 22.1 Å². The summed E-state index contributed by atoms with van der Waals surface area (Å²) in [6.07, 6.45) is 1.67. The Morgan fingerprint density at radius 3 is 2.80 bits per heavy atom. The highest BCUT2D eigenvalue weighted by molar-refractivity contribution is 6.32. The van der Waals surface area contributed by atoms with E-state index in [1.165, 1.54) is 0 Å². The highest BCUT2D eigenvalue weighted by Gasteiger charge is 2.01. The van der Waals surface area contributed by atoms with Crippen molar-refractivity contribution in [2.24, 2.45) is 0 Å². The molecular weight excluding hydrogens is 150 g/mol.